The summed E-state index contributed by atoms with van der Waals surface area (Å²) >= 11 is 5.94. The van der Waals surface area contributed by atoms with Gasteiger partial charge < -0.3 is 14.8 Å². The average Bonchev–Trinajstić information content (AvgIpc) is 3.03. The molecule has 0 aliphatic rings. The van der Waals surface area contributed by atoms with Crippen molar-refractivity contribution in [1.82, 2.24) is 10.1 Å². The molecule has 2 aromatic heterocycles. The zero-order chi connectivity index (χ0) is 15.9. The maximum Gasteiger partial charge on any atom is 0.273 e. The fourth-order valence-corrected chi connectivity index (χ4v) is 2.26. The summed E-state index contributed by atoms with van der Waals surface area (Å²) in [5.41, 5.74) is 1.10. The van der Waals surface area contributed by atoms with Crippen molar-refractivity contribution < 1.29 is 9.32 Å². The molecule has 0 aliphatic heterocycles. The standard InChI is InChI=1S/C16H16ClN3O2/c1-16(2,3)13-8-14(20-22-13)19-15(21)12-6-9-4-5-10(17)7-11(9)18-12/h4-8,18H,1-3H3,(H,19,20,21). The highest BCUT2D eigenvalue weighted by Gasteiger charge is 2.20. The van der Waals surface area contributed by atoms with Gasteiger partial charge in [0.1, 0.15) is 11.5 Å². The first-order valence-electron chi connectivity index (χ1n) is 6.90. The lowest BCUT2D eigenvalue weighted by Gasteiger charge is -2.11. The number of aromatic nitrogens is 2. The van der Waals surface area contributed by atoms with Gasteiger partial charge in [0.2, 0.25) is 0 Å². The first-order chi connectivity index (χ1) is 10.3. The summed E-state index contributed by atoms with van der Waals surface area (Å²) in [6, 6.07) is 8.93. The molecule has 0 atom stereocenters. The van der Waals surface area contributed by atoms with Crippen LogP contribution in [0.15, 0.2) is 34.9 Å². The van der Waals surface area contributed by atoms with Crippen LogP contribution in [-0.2, 0) is 5.41 Å². The van der Waals surface area contributed by atoms with Crippen molar-refractivity contribution in [2.45, 2.75) is 26.2 Å². The van der Waals surface area contributed by atoms with Crippen molar-refractivity contribution in [3.05, 3.63) is 46.8 Å². The van der Waals surface area contributed by atoms with E-state index in [9.17, 15) is 4.79 Å². The predicted molar refractivity (Wildman–Crippen MR) is 86.5 cm³/mol. The van der Waals surface area contributed by atoms with Crippen LogP contribution in [0.5, 0.6) is 0 Å². The Bertz CT molecular complexity index is 843. The van der Waals surface area contributed by atoms with Crippen LogP contribution in [0.2, 0.25) is 5.02 Å². The number of halogens is 1. The quantitative estimate of drug-likeness (QED) is 0.737. The lowest BCUT2D eigenvalue weighted by Crippen LogP contribution is -2.12. The molecule has 1 amide bonds. The van der Waals surface area contributed by atoms with E-state index in [1.165, 1.54) is 0 Å². The molecular formula is C16H16ClN3O2. The second-order valence-corrected chi connectivity index (χ2v) is 6.63. The normalized spacial score (nSPS) is 11.8. The van der Waals surface area contributed by atoms with E-state index in [4.69, 9.17) is 16.1 Å². The number of aromatic amines is 1. The van der Waals surface area contributed by atoms with E-state index in [1.807, 2.05) is 26.8 Å². The summed E-state index contributed by atoms with van der Waals surface area (Å²) in [4.78, 5) is 15.3. The summed E-state index contributed by atoms with van der Waals surface area (Å²) in [6.45, 7) is 6.04. The third-order valence-electron chi connectivity index (χ3n) is 3.32. The van der Waals surface area contributed by atoms with Gasteiger partial charge in [-0.05, 0) is 18.2 Å². The fourth-order valence-electron chi connectivity index (χ4n) is 2.09. The third kappa shape index (κ3) is 2.85. The molecule has 0 unspecified atom stereocenters. The monoisotopic (exact) mass is 317 g/mol. The number of fused-ring (bicyclic) bond motifs is 1. The Morgan fingerprint density at radius 3 is 2.73 bits per heavy atom. The van der Waals surface area contributed by atoms with Crippen LogP contribution in [-0.4, -0.2) is 16.0 Å². The number of nitrogens with zero attached hydrogens (tertiary/aromatic N) is 1. The topological polar surface area (TPSA) is 70.9 Å². The number of amides is 1. The van der Waals surface area contributed by atoms with Gasteiger partial charge in [0, 0.05) is 27.4 Å². The van der Waals surface area contributed by atoms with E-state index in [1.54, 1.807) is 24.3 Å². The molecule has 3 rings (SSSR count). The van der Waals surface area contributed by atoms with Crippen LogP contribution in [0.1, 0.15) is 37.0 Å². The van der Waals surface area contributed by atoms with Gasteiger partial charge in [-0.3, -0.25) is 4.79 Å². The molecule has 0 fully saturated rings. The molecule has 0 radical (unpaired) electrons. The van der Waals surface area contributed by atoms with E-state index in [2.05, 4.69) is 15.5 Å². The van der Waals surface area contributed by atoms with Gasteiger partial charge >= 0.3 is 0 Å². The van der Waals surface area contributed by atoms with Crippen molar-refractivity contribution in [1.29, 1.82) is 0 Å². The Hall–Kier alpha value is -2.27. The minimum atomic E-state index is -0.277. The van der Waals surface area contributed by atoms with E-state index < -0.39 is 0 Å². The predicted octanol–water partition coefficient (Wildman–Crippen LogP) is 4.36. The van der Waals surface area contributed by atoms with E-state index in [0.717, 1.165) is 10.9 Å². The van der Waals surface area contributed by atoms with E-state index >= 15 is 0 Å². The smallest absolute Gasteiger partial charge is 0.273 e. The summed E-state index contributed by atoms with van der Waals surface area (Å²) in [6.07, 6.45) is 0. The Labute approximate surface area is 132 Å². The Balaban J connectivity index is 1.82. The van der Waals surface area contributed by atoms with Gasteiger partial charge in [-0.15, -0.1) is 0 Å². The number of carbonyl (C=O) groups excluding carboxylic acids is 1. The molecule has 6 heteroatoms. The Kier molecular flexibility index (Phi) is 3.45. The molecule has 2 heterocycles. The van der Waals surface area contributed by atoms with Crippen LogP contribution in [0.4, 0.5) is 5.82 Å². The SMILES string of the molecule is CC(C)(C)c1cc(NC(=O)c2cc3ccc(Cl)cc3[nH]2)no1. The number of hydrogen-bond acceptors (Lipinski definition) is 3. The fraction of sp³-hybridized carbons (Fsp3) is 0.250. The van der Waals surface area contributed by atoms with E-state index in [0.29, 0.717) is 22.3 Å². The highest BCUT2D eigenvalue weighted by Crippen LogP contribution is 2.25. The molecular weight excluding hydrogens is 302 g/mol. The van der Waals surface area contributed by atoms with Gasteiger partial charge in [0.25, 0.3) is 5.91 Å². The highest BCUT2D eigenvalue weighted by molar-refractivity contribution is 6.31. The van der Waals surface area contributed by atoms with Gasteiger partial charge in [0.05, 0.1) is 0 Å². The van der Waals surface area contributed by atoms with Crippen LogP contribution in [0.3, 0.4) is 0 Å². The molecule has 22 heavy (non-hydrogen) atoms. The number of rotatable bonds is 2. The summed E-state index contributed by atoms with van der Waals surface area (Å²) in [5.74, 6) is 0.832. The van der Waals surface area contributed by atoms with Gasteiger partial charge in [-0.2, -0.15) is 0 Å². The van der Waals surface area contributed by atoms with Crippen molar-refractivity contribution >= 4 is 34.2 Å². The summed E-state index contributed by atoms with van der Waals surface area (Å²) in [7, 11) is 0. The van der Waals surface area contributed by atoms with Crippen LogP contribution in [0, 0.1) is 0 Å². The lowest BCUT2D eigenvalue weighted by atomic mass is 9.93. The molecule has 0 spiro atoms. The third-order valence-corrected chi connectivity index (χ3v) is 3.56. The van der Waals surface area contributed by atoms with Crippen LogP contribution in [0.25, 0.3) is 10.9 Å². The van der Waals surface area contributed by atoms with Crippen LogP contribution >= 0.6 is 11.6 Å². The molecule has 3 aromatic rings. The highest BCUT2D eigenvalue weighted by atomic mass is 35.5. The first-order valence-corrected chi connectivity index (χ1v) is 7.27. The van der Waals surface area contributed by atoms with Crippen molar-refractivity contribution in [2.24, 2.45) is 0 Å². The molecule has 0 aliphatic carbocycles. The van der Waals surface area contributed by atoms with Gasteiger partial charge in [-0.1, -0.05) is 43.6 Å². The lowest BCUT2D eigenvalue weighted by molar-refractivity contribution is 0.102. The minimum absolute atomic E-state index is 0.159. The van der Waals surface area contributed by atoms with Gasteiger partial charge in [0.15, 0.2) is 5.82 Å². The van der Waals surface area contributed by atoms with Crippen molar-refractivity contribution in [2.75, 3.05) is 5.32 Å². The molecule has 0 saturated carbocycles. The van der Waals surface area contributed by atoms with Gasteiger partial charge in [-0.25, -0.2) is 0 Å². The first kappa shape index (κ1) is 14.7. The maximum atomic E-state index is 12.3. The maximum absolute atomic E-state index is 12.3. The van der Waals surface area contributed by atoms with Crippen molar-refractivity contribution in [3.63, 3.8) is 0 Å². The van der Waals surface area contributed by atoms with E-state index in [-0.39, 0.29) is 11.3 Å². The summed E-state index contributed by atoms with van der Waals surface area (Å²) in [5, 5.41) is 8.13. The zero-order valence-corrected chi connectivity index (χ0v) is 13.3. The number of nitrogens with one attached hydrogen (secondary N) is 2. The minimum Gasteiger partial charge on any atom is -0.359 e. The number of carbonyl (C=O) groups is 1. The molecule has 0 saturated heterocycles. The van der Waals surface area contributed by atoms with Crippen LogP contribution < -0.4 is 5.32 Å². The molecule has 114 valence electrons. The Morgan fingerprint density at radius 1 is 1.27 bits per heavy atom. The Morgan fingerprint density at radius 2 is 2.05 bits per heavy atom. The largest absolute Gasteiger partial charge is 0.359 e. The molecule has 1 aromatic carbocycles. The molecule has 2 N–H and O–H groups in total. The molecule has 0 bridgehead atoms. The number of hydrogen-bond donors (Lipinski definition) is 2. The van der Waals surface area contributed by atoms with Crippen molar-refractivity contribution in [3.8, 4) is 0 Å². The second-order valence-electron chi connectivity index (χ2n) is 6.20. The number of benzene rings is 1. The summed E-state index contributed by atoms with van der Waals surface area (Å²) < 4.78 is 5.25. The number of H-pyrrole nitrogens is 1. The second kappa shape index (κ2) is 5.18. The average molecular weight is 318 g/mol. The molecule has 5 nitrogen and oxygen atoms in total. The number of anilines is 1. The zero-order valence-electron chi connectivity index (χ0n) is 12.5.